The van der Waals surface area contributed by atoms with Gasteiger partial charge in [0.05, 0.1) is 0 Å². The number of allylic oxidation sites excluding steroid dienone is 2. The Balaban J connectivity index is 1.35. The maximum absolute atomic E-state index is 3.40. The quantitative estimate of drug-likeness (QED) is 0.146. The van der Waals surface area contributed by atoms with E-state index in [-0.39, 0.29) is 0 Å². The molecule has 1 heterocycles. The van der Waals surface area contributed by atoms with Crippen LogP contribution in [-0.2, 0) is 25.4 Å². The third kappa shape index (κ3) is 5.32. The summed E-state index contributed by atoms with van der Waals surface area (Å²) in [6.07, 6.45) is 5.36. The molecule has 2 aliphatic carbocycles. The Morgan fingerprint density at radius 2 is 0.833 bits per heavy atom. The number of fused-ring (bicyclic) bond motifs is 6. The zero-order valence-electron chi connectivity index (χ0n) is 33.2. The van der Waals surface area contributed by atoms with E-state index >= 15 is 0 Å². The Morgan fingerprint density at radius 1 is 0.463 bits per heavy atom. The third-order valence-corrected chi connectivity index (χ3v) is 28.4. The molecule has 6 aromatic rings. The van der Waals surface area contributed by atoms with Gasteiger partial charge in [-0.05, 0) is 0 Å². The zero-order chi connectivity index (χ0) is 37.5. The molecule has 1 saturated heterocycles. The van der Waals surface area contributed by atoms with Crippen molar-refractivity contribution in [3.63, 3.8) is 0 Å². The number of aryl methyl sites for hydroxylation is 2. The van der Waals surface area contributed by atoms with E-state index in [1.54, 1.807) is 22.3 Å². The first kappa shape index (κ1) is 35.4. The van der Waals surface area contributed by atoms with Crippen molar-refractivity contribution in [3.05, 3.63) is 200 Å². The summed E-state index contributed by atoms with van der Waals surface area (Å²) in [4.78, 5) is 0. The number of hydrogen-bond acceptors (Lipinski definition) is 0. The van der Waals surface area contributed by atoms with Gasteiger partial charge in [0.1, 0.15) is 0 Å². The summed E-state index contributed by atoms with van der Waals surface area (Å²) >= 11 is -3.40. The van der Waals surface area contributed by atoms with Gasteiger partial charge < -0.3 is 0 Å². The van der Waals surface area contributed by atoms with E-state index in [1.807, 2.05) is 0 Å². The van der Waals surface area contributed by atoms with Crippen LogP contribution in [0, 0.1) is 13.8 Å². The summed E-state index contributed by atoms with van der Waals surface area (Å²) in [5.41, 5.74) is 22.3. The second kappa shape index (κ2) is 13.2. The van der Waals surface area contributed by atoms with E-state index in [9.17, 15) is 0 Å². The number of rotatable bonds is 6. The fourth-order valence-electron chi connectivity index (χ4n) is 10.4. The normalized spacial score (nSPS) is 18.9. The Bertz CT molecular complexity index is 2280. The van der Waals surface area contributed by atoms with Gasteiger partial charge in [-0.2, -0.15) is 0 Å². The molecule has 0 amide bonds. The predicted molar refractivity (Wildman–Crippen MR) is 228 cm³/mol. The molecule has 0 aromatic heterocycles. The van der Waals surface area contributed by atoms with Gasteiger partial charge >= 0.3 is 330 Å². The molecule has 9 rings (SSSR count). The molecule has 0 radical (unpaired) electrons. The summed E-state index contributed by atoms with van der Waals surface area (Å²) in [5.74, 6) is 1.03. The van der Waals surface area contributed by atoms with Crippen molar-refractivity contribution < 1.29 is 20.0 Å². The van der Waals surface area contributed by atoms with E-state index in [0.717, 1.165) is 0 Å². The van der Waals surface area contributed by atoms with E-state index in [0.29, 0.717) is 19.2 Å². The molecule has 2 atom stereocenters. The third-order valence-electron chi connectivity index (χ3n) is 13.2. The first-order valence-corrected chi connectivity index (χ1v) is 31.4. The van der Waals surface area contributed by atoms with Crippen molar-refractivity contribution in [2.24, 2.45) is 0 Å². The molecule has 1 fully saturated rings. The minimum absolute atomic E-state index is 0.401. The fourth-order valence-corrected chi connectivity index (χ4v) is 27.1. The van der Waals surface area contributed by atoms with Gasteiger partial charge in [-0.15, -0.1) is 0 Å². The van der Waals surface area contributed by atoms with Crippen LogP contribution in [0.25, 0.3) is 34.4 Å². The van der Waals surface area contributed by atoms with Crippen LogP contribution in [-0.4, -0.2) is 0 Å². The van der Waals surface area contributed by atoms with E-state index in [1.165, 1.54) is 66.8 Å². The minimum atomic E-state index is -3.40. The Hall–Kier alpha value is -4.33. The van der Waals surface area contributed by atoms with Crippen LogP contribution in [0.5, 0.6) is 0 Å². The van der Waals surface area contributed by atoms with E-state index in [4.69, 9.17) is 0 Å². The summed E-state index contributed by atoms with van der Waals surface area (Å²) < 4.78 is 6.42. The van der Waals surface area contributed by atoms with Crippen LogP contribution in [0.4, 0.5) is 0 Å². The van der Waals surface area contributed by atoms with Crippen LogP contribution in [0.1, 0.15) is 103 Å². The van der Waals surface area contributed by atoms with Gasteiger partial charge in [-0.25, -0.2) is 0 Å². The van der Waals surface area contributed by atoms with Crippen LogP contribution in [0.15, 0.2) is 145 Å². The van der Waals surface area contributed by atoms with Crippen LogP contribution < -0.4 is 0 Å². The van der Waals surface area contributed by atoms with Crippen molar-refractivity contribution in [1.29, 1.82) is 0 Å². The first-order chi connectivity index (χ1) is 26.0. The van der Waals surface area contributed by atoms with Crippen molar-refractivity contribution in [1.82, 2.24) is 0 Å². The molecule has 268 valence electrons. The molecule has 0 bridgehead atoms. The zero-order valence-corrected chi connectivity index (χ0v) is 36.8. The molecule has 2 unspecified atom stereocenters. The molecule has 6 aromatic carbocycles. The molecule has 54 heavy (non-hydrogen) atoms. The fraction of sp³-hybridized carbons (Fsp3) is 0.245. The predicted octanol–water partition coefficient (Wildman–Crippen LogP) is 14.7. The number of hydrogen-bond donors (Lipinski definition) is 0. The van der Waals surface area contributed by atoms with Crippen molar-refractivity contribution in [3.8, 4) is 22.3 Å². The van der Waals surface area contributed by atoms with Gasteiger partial charge in [-0.1, -0.05) is 0 Å². The maximum atomic E-state index is 2.77. The van der Waals surface area contributed by atoms with Crippen molar-refractivity contribution in [2.75, 3.05) is 0 Å². The van der Waals surface area contributed by atoms with Crippen LogP contribution in [0.3, 0.4) is 0 Å². The van der Waals surface area contributed by atoms with Gasteiger partial charge in [0.15, 0.2) is 0 Å². The van der Waals surface area contributed by atoms with Crippen molar-refractivity contribution >= 4 is 12.2 Å². The molecule has 3 aliphatic rings. The van der Waals surface area contributed by atoms with Gasteiger partial charge in [0.25, 0.3) is 0 Å². The standard InChI is InChI=1S/C51H46.2CH3.Hf/c1-33(2)37-17-21-39(22-18-37)47-11-7-9-41-29-45(31-49(41)47)51(43-25-13-35(5)14-26-43,44-27-15-36(6)16-28-44)46-30-42-10-8-12-48(50(42)32-46)40-23-19-38(20-24-40)34(3)4;;;/h7-34H,1-6H3;2*1H3;. The summed E-state index contributed by atoms with van der Waals surface area (Å²) in [6.45, 7) is 13.6. The van der Waals surface area contributed by atoms with Crippen molar-refractivity contribution in [2.45, 2.75) is 75.5 Å². The summed E-state index contributed by atoms with van der Waals surface area (Å²) in [5, 5.41) is 0. The second-order valence-corrected chi connectivity index (χ2v) is 34.8. The Labute approximate surface area is 328 Å². The number of benzene rings is 6. The molecule has 0 saturated carbocycles. The first-order valence-electron chi connectivity index (χ1n) is 20.0. The SMILES string of the molecule is Cc1ccc(C2(c3ccc(C)cc3)C3=Cc4c(-c5ccc(C(C)C)cc5)cccc4[CH]3[Hf]([CH3])([CH3])[CH]3C2=Cc2c(-c4ccc(C(C)C)cc4)cccc23)cc1. The second-order valence-electron chi connectivity index (χ2n) is 17.5. The topological polar surface area (TPSA) is 0 Å². The van der Waals surface area contributed by atoms with E-state index < -0.39 is 25.4 Å². The Morgan fingerprint density at radius 3 is 1.19 bits per heavy atom. The van der Waals surface area contributed by atoms with Crippen LogP contribution in [0.2, 0.25) is 9.36 Å². The molecule has 0 spiro atoms. The molecular formula is C53H52Hf. The molecule has 1 heteroatoms. The molecule has 0 nitrogen and oxygen atoms in total. The van der Waals surface area contributed by atoms with Gasteiger partial charge in [0.2, 0.25) is 0 Å². The molecule has 0 N–H and O–H groups in total. The average Bonchev–Trinajstić information content (AvgIpc) is 3.78. The molecule has 1 aliphatic heterocycles. The average molecular weight is 867 g/mol. The van der Waals surface area contributed by atoms with Crippen LogP contribution >= 0.6 is 0 Å². The summed E-state index contributed by atoms with van der Waals surface area (Å²) in [6, 6.07) is 52.3. The summed E-state index contributed by atoms with van der Waals surface area (Å²) in [7, 11) is 0. The Kier molecular flexibility index (Phi) is 8.62. The molecular weight excluding hydrogens is 815 g/mol. The van der Waals surface area contributed by atoms with E-state index in [2.05, 4.69) is 197 Å². The monoisotopic (exact) mass is 868 g/mol. The van der Waals surface area contributed by atoms with Gasteiger partial charge in [0, 0.05) is 0 Å². The van der Waals surface area contributed by atoms with Gasteiger partial charge in [-0.3, -0.25) is 0 Å².